The van der Waals surface area contributed by atoms with Gasteiger partial charge in [0.25, 0.3) is 0 Å². The molecule has 17 atom stereocenters. The number of nitrogens with one attached hydrogen (secondary N) is 1. The molecule has 0 aromatic carbocycles. The van der Waals surface area contributed by atoms with E-state index in [-0.39, 0.29) is 18.9 Å². The van der Waals surface area contributed by atoms with Gasteiger partial charge in [-0.3, -0.25) is 4.79 Å². The Kier molecular flexibility index (Phi) is 38.5. The average molecular weight is 1120 g/mol. The van der Waals surface area contributed by atoms with E-state index in [1.165, 1.54) is 103 Å². The van der Waals surface area contributed by atoms with Gasteiger partial charge in [-0.15, -0.1) is 0 Å². The Morgan fingerprint density at radius 1 is 0.462 bits per heavy atom. The minimum Gasteiger partial charge on any atom is -0.394 e. The predicted molar refractivity (Wildman–Crippen MR) is 296 cm³/mol. The maximum atomic E-state index is 13.3. The minimum absolute atomic E-state index is 0.227. The topological polar surface area (TPSA) is 307 Å². The normalized spacial score (nSPS) is 30.7. The lowest BCUT2D eigenvalue weighted by Crippen LogP contribution is -2.66. The number of hydrogen-bond donors (Lipinski definition) is 12. The van der Waals surface area contributed by atoms with Gasteiger partial charge in [0.1, 0.15) is 73.2 Å². The van der Waals surface area contributed by atoms with Crippen LogP contribution in [0.15, 0.2) is 36.5 Å². The van der Waals surface area contributed by atoms with Crippen molar-refractivity contribution in [2.24, 2.45) is 0 Å². The number of ether oxygens (including phenoxy) is 6. The molecule has 3 fully saturated rings. The highest BCUT2D eigenvalue weighted by molar-refractivity contribution is 5.76. The predicted octanol–water partition coefficient (Wildman–Crippen LogP) is 5.32. The highest BCUT2D eigenvalue weighted by Gasteiger charge is 2.53. The zero-order valence-electron chi connectivity index (χ0n) is 47.4. The van der Waals surface area contributed by atoms with Crippen molar-refractivity contribution in [3.8, 4) is 0 Å². The SMILES string of the molecule is CCCC/C=C\C/C=C\CCCCCCCC(=O)NC(COC1OC(CO)C(OC2OC(CO)C(OC3OC(CO)C(O)C(O)C3O)C(O)C2O)C(O)C1O)C(O)/C=C/CCCCCCCCCCCCCCCCCCC. The third-order valence-corrected chi connectivity index (χ3v) is 15.2. The fourth-order valence-corrected chi connectivity index (χ4v) is 10.1. The summed E-state index contributed by atoms with van der Waals surface area (Å²) in [6.07, 6.45) is 18.4. The molecule has 0 saturated carbocycles. The van der Waals surface area contributed by atoms with Crippen LogP contribution in [0.4, 0.5) is 0 Å². The molecule has 0 spiro atoms. The van der Waals surface area contributed by atoms with Gasteiger partial charge in [-0.1, -0.05) is 185 Å². The zero-order chi connectivity index (χ0) is 56.9. The first kappa shape index (κ1) is 70.3. The van der Waals surface area contributed by atoms with E-state index in [1.54, 1.807) is 6.08 Å². The van der Waals surface area contributed by atoms with E-state index < -0.39 is 124 Å². The quantitative estimate of drug-likeness (QED) is 0.0271. The van der Waals surface area contributed by atoms with Crippen molar-refractivity contribution < 1.29 is 89.4 Å². The first-order chi connectivity index (χ1) is 37.8. The molecule has 0 bridgehead atoms. The smallest absolute Gasteiger partial charge is 0.220 e. The van der Waals surface area contributed by atoms with Gasteiger partial charge in [0.2, 0.25) is 5.91 Å². The summed E-state index contributed by atoms with van der Waals surface area (Å²) in [5, 5.41) is 120. The molecule has 1 amide bonds. The molecule has 3 heterocycles. The summed E-state index contributed by atoms with van der Waals surface area (Å²) in [5.41, 5.74) is 0. The lowest BCUT2D eigenvalue weighted by Gasteiger charge is -2.48. The molecule has 0 radical (unpaired) electrons. The Bertz CT molecular complexity index is 1570. The molecule has 12 N–H and O–H groups in total. The molecule has 456 valence electrons. The number of unbranched alkanes of at least 4 members (excludes halogenated alkanes) is 24. The van der Waals surface area contributed by atoms with Crippen LogP contribution in [0.2, 0.25) is 0 Å². The van der Waals surface area contributed by atoms with Crippen molar-refractivity contribution in [2.45, 2.75) is 304 Å². The van der Waals surface area contributed by atoms with Gasteiger partial charge in [-0.2, -0.15) is 0 Å². The van der Waals surface area contributed by atoms with E-state index >= 15 is 0 Å². The molecular formula is C59H107NO18. The average Bonchev–Trinajstić information content (AvgIpc) is 3.47. The molecule has 78 heavy (non-hydrogen) atoms. The Morgan fingerprint density at radius 3 is 1.35 bits per heavy atom. The van der Waals surface area contributed by atoms with E-state index in [4.69, 9.17) is 28.4 Å². The first-order valence-electron chi connectivity index (χ1n) is 30.2. The summed E-state index contributed by atoms with van der Waals surface area (Å²) in [6.45, 7) is 1.67. The van der Waals surface area contributed by atoms with Gasteiger partial charge in [-0.05, 0) is 44.9 Å². The number of carbonyl (C=O) groups is 1. The monoisotopic (exact) mass is 1120 g/mol. The Morgan fingerprint density at radius 2 is 0.859 bits per heavy atom. The zero-order valence-corrected chi connectivity index (χ0v) is 47.4. The van der Waals surface area contributed by atoms with Crippen molar-refractivity contribution in [2.75, 3.05) is 26.4 Å². The number of amides is 1. The molecule has 19 heteroatoms. The summed E-state index contributed by atoms with van der Waals surface area (Å²) in [5.74, 6) is -0.291. The van der Waals surface area contributed by atoms with Crippen LogP contribution in [-0.4, -0.2) is 193 Å². The molecule has 0 aliphatic carbocycles. The van der Waals surface area contributed by atoms with Gasteiger partial charge in [-0.25, -0.2) is 0 Å². The standard InChI is InChI=1S/C59H107NO18/c1-3-5-7-9-11-13-15-17-19-20-21-22-23-24-26-28-30-32-34-36-43(64)42(60-47(65)37-35-33-31-29-27-25-18-16-14-12-10-8-6-4-2)41-73-57-53(71)50(68)55(45(39-62)75-57)78-59-54(72)51(69)56(46(40-63)76-59)77-58-52(70)49(67)48(66)44(38-61)74-58/h10,12,16,18,34,36,42-46,48-59,61-64,66-72H,3-9,11,13-15,17,19-33,35,37-41H2,1-2H3,(H,60,65)/b12-10-,18-16-,36-34+. The molecular weight excluding hydrogens is 1010 g/mol. The Labute approximate surface area is 466 Å². The molecule has 3 rings (SSSR count). The molecule has 17 unspecified atom stereocenters. The van der Waals surface area contributed by atoms with Gasteiger partial charge in [0, 0.05) is 6.42 Å². The Balaban J connectivity index is 1.51. The number of allylic oxidation sites excluding steroid dienone is 5. The first-order valence-corrected chi connectivity index (χ1v) is 30.2. The van der Waals surface area contributed by atoms with Crippen LogP contribution in [0.5, 0.6) is 0 Å². The van der Waals surface area contributed by atoms with Crippen LogP contribution in [0.3, 0.4) is 0 Å². The van der Waals surface area contributed by atoms with Gasteiger partial charge < -0.3 is 89.9 Å². The van der Waals surface area contributed by atoms with E-state index in [1.807, 2.05) is 6.08 Å². The van der Waals surface area contributed by atoms with Gasteiger partial charge in [0.15, 0.2) is 18.9 Å². The van der Waals surface area contributed by atoms with E-state index in [0.29, 0.717) is 6.42 Å². The molecule has 0 aromatic rings. The lowest BCUT2D eigenvalue weighted by molar-refractivity contribution is -0.379. The fourth-order valence-electron chi connectivity index (χ4n) is 10.1. The fraction of sp³-hybridized carbons (Fsp3) is 0.881. The highest BCUT2D eigenvalue weighted by atomic mass is 16.8. The second-order valence-corrected chi connectivity index (χ2v) is 21.8. The second kappa shape index (κ2) is 42.8. The van der Waals surface area contributed by atoms with E-state index in [9.17, 15) is 61.0 Å². The van der Waals surface area contributed by atoms with Crippen molar-refractivity contribution in [3.05, 3.63) is 36.5 Å². The largest absolute Gasteiger partial charge is 0.394 e. The van der Waals surface area contributed by atoms with Crippen LogP contribution in [0, 0.1) is 0 Å². The van der Waals surface area contributed by atoms with Crippen LogP contribution >= 0.6 is 0 Å². The van der Waals surface area contributed by atoms with Crippen molar-refractivity contribution in [3.63, 3.8) is 0 Å². The third-order valence-electron chi connectivity index (χ3n) is 15.2. The summed E-state index contributed by atoms with van der Waals surface area (Å²) < 4.78 is 34.2. The maximum Gasteiger partial charge on any atom is 0.220 e. The van der Waals surface area contributed by atoms with Crippen molar-refractivity contribution in [1.82, 2.24) is 5.32 Å². The summed E-state index contributed by atoms with van der Waals surface area (Å²) in [4.78, 5) is 13.3. The highest BCUT2D eigenvalue weighted by Crippen LogP contribution is 2.33. The van der Waals surface area contributed by atoms with Crippen molar-refractivity contribution in [1.29, 1.82) is 0 Å². The number of aliphatic hydroxyl groups is 11. The number of carbonyl (C=O) groups excluding carboxylic acids is 1. The molecule has 3 saturated heterocycles. The Hall–Kier alpha value is -1.99. The van der Waals surface area contributed by atoms with Crippen LogP contribution in [-0.2, 0) is 33.2 Å². The summed E-state index contributed by atoms with van der Waals surface area (Å²) in [6, 6.07) is -0.979. The van der Waals surface area contributed by atoms with Crippen LogP contribution < -0.4 is 5.32 Å². The number of aliphatic hydroxyl groups excluding tert-OH is 11. The van der Waals surface area contributed by atoms with Gasteiger partial charge in [0.05, 0.1) is 38.6 Å². The van der Waals surface area contributed by atoms with E-state index in [0.717, 1.165) is 70.6 Å². The molecule has 3 aliphatic rings. The van der Waals surface area contributed by atoms with Crippen LogP contribution in [0.1, 0.15) is 200 Å². The van der Waals surface area contributed by atoms with Crippen LogP contribution in [0.25, 0.3) is 0 Å². The molecule has 19 nitrogen and oxygen atoms in total. The van der Waals surface area contributed by atoms with Gasteiger partial charge >= 0.3 is 0 Å². The van der Waals surface area contributed by atoms with E-state index in [2.05, 4.69) is 43.5 Å². The number of rotatable bonds is 44. The summed E-state index contributed by atoms with van der Waals surface area (Å²) >= 11 is 0. The number of hydrogen-bond acceptors (Lipinski definition) is 18. The minimum atomic E-state index is -1.98. The maximum absolute atomic E-state index is 13.3. The summed E-state index contributed by atoms with van der Waals surface area (Å²) in [7, 11) is 0. The molecule has 3 aliphatic heterocycles. The third kappa shape index (κ3) is 26.5. The second-order valence-electron chi connectivity index (χ2n) is 21.8. The lowest BCUT2D eigenvalue weighted by atomic mass is 9.96. The molecule has 0 aromatic heterocycles. The van der Waals surface area contributed by atoms with Crippen molar-refractivity contribution >= 4 is 5.91 Å².